The molecule has 1 aliphatic rings. The molecule has 1 N–H and O–H groups in total. The van der Waals surface area contributed by atoms with Crippen LogP contribution in [0.5, 0.6) is 5.75 Å². The summed E-state index contributed by atoms with van der Waals surface area (Å²) in [5.41, 5.74) is 0.770. The number of nitro benzene ring substituents is 1. The fourth-order valence-electron chi connectivity index (χ4n) is 2.83. The first-order valence-electron chi connectivity index (χ1n) is 7.28. The first kappa shape index (κ1) is 15.6. The fourth-order valence-corrected chi connectivity index (χ4v) is 2.83. The highest BCUT2D eigenvalue weighted by Gasteiger charge is 2.23. The average Bonchev–Trinajstić information content (AvgIpc) is 2.47. The third-order valence-electron chi connectivity index (χ3n) is 4.24. The van der Waals surface area contributed by atoms with E-state index in [1.807, 2.05) is 6.07 Å². The highest BCUT2D eigenvalue weighted by molar-refractivity contribution is 5.58. The van der Waals surface area contributed by atoms with Crippen LogP contribution >= 0.6 is 0 Å². The summed E-state index contributed by atoms with van der Waals surface area (Å²) in [6.07, 6.45) is 2.31. The van der Waals surface area contributed by atoms with Gasteiger partial charge in [-0.1, -0.05) is 0 Å². The lowest BCUT2D eigenvalue weighted by Gasteiger charge is -2.33. The Bertz CT molecular complexity index is 499. The first-order valence-corrected chi connectivity index (χ1v) is 7.28. The molecule has 6 heteroatoms. The third kappa shape index (κ3) is 3.85. The van der Waals surface area contributed by atoms with Crippen LogP contribution < -0.4 is 10.1 Å². The Hall–Kier alpha value is -1.82. The standard InChI is InChI=1S/C15H23N3O3/c1-11(12-6-8-17(2)9-7-12)16-13-4-5-15(21-3)14(10-13)18(19)20/h4-5,10-12,16H,6-9H2,1-3H3. The molecule has 0 radical (unpaired) electrons. The van der Waals surface area contributed by atoms with Crippen LogP contribution in [-0.4, -0.2) is 43.1 Å². The van der Waals surface area contributed by atoms with Gasteiger partial charge in [0.1, 0.15) is 0 Å². The summed E-state index contributed by atoms with van der Waals surface area (Å²) in [6.45, 7) is 4.37. The van der Waals surface area contributed by atoms with Crippen molar-refractivity contribution in [1.29, 1.82) is 0 Å². The molecule has 1 fully saturated rings. The summed E-state index contributed by atoms with van der Waals surface area (Å²) >= 11 is 0. The lowest BCUT2D eigenvalue weighted by molar-refractivity contribution is -0.385. The Kier molecular flexibility index (Phi) is 5.01. The maximum Gasteiger partial charge on any atom is 0.312 e. The van der Waals surface area contributed by atoms with E-state index in [2.05, 4.69) is 24.2 Å². The molecular weight excluding hydrogens is 270 g/mol. The summed E-state index contributed by atoms with van der Waals surface area (Å²) in [5, 5.41) is 14.4. The number of hydrogen-bond donors (Lipinski definition) is 1. The topological polar surface area (TPSA) is 67.6 Å². The van der Waals surface area contributed by atoms with E-state index in [1.54, 1.807) is 12.1 Å². The molecule has 1 atom stereocenters. The zero-order chi connectivity index (χ0) is 15.4. The Morgan fingerprint density at radius 2 is 2.10 bits per heavy atom. The number of likely N-dealkylation sites (tertiary alicyclic amines) is 1. The van der Waals surface area contributed by atoms with Crippen molar-refractivity contribution in [3.8, 4) is 5.75 Å². The van der Waals surface area contributed by atoms with E-state index in [4.69, 9.17) is 4.74 Å². The van der Waals surface area contributed by atoms with Gasteiger partial charge in [-0.15, -0.1) is 0 Å². The molecule has 1 aliphatic heterocycles. The second kappa shape index (κ2) is 6.76. The molecule has 116 valence electrons. The van der Waals surface area contributed by atoms with Gasteiger partial charge >= 0.3 is 5.69 Å². The molecule has 1 heterocycles. The molecular formula is C15H23N3O3. The van der Waals surface area contributed by atoms with Gasteiger partial charge in [-0.25, -0.2) is 0 Å². The van der Waals surface area contributed by atoms with Gasteiger partial charge in [0.05, 0.1) is 12.0 Å². The summed E-state index contributed by atoms with van der Waals surface area (Å²) < 4.78 is 5.02. The van der Waals surface area contributed by atoms with Gasteiger partial charge in [0.2, 0.25) is 0 Å². The predicted octanol–water partition coefficient (Wildman–Crippen LogP) is 2.75. The second-order valence-electron chi connectivity index (χ2n) is 5.72. The molecule has 0 aromatic heterocycles. The number of methoxy groups -OCH3 is 1. The molecule has 0 bridgehead atoms. The van der Waals surface area contributed by atoms with Crippen LogP contribution in [0, 0.1) is 16.0 Å². The third-order valence-corrected chi connectivity index (χ3v) is 4.24. The van der Waals surface area contributed by atoms with Gasteiger partial charge in [-0.2, -0.15) is 0 Å². The molecule has 21 heavy (non-hydrogen) atoms. The number of anilines is 1. The van der Waals surface area contributed by atoms with Crippen LogP contribution in [0.3, 0.4) is 0 Å². The lowest BCUT2D eigenvalue weighted by Crippen LogP contribution is -2.37. The highest BCUT2D eigenvalue weighted by atomic mass is 16.6. The van der Waals surface area contributed by atoms with Crippen LogP contribution in [0.15, 0.2) is 18.2 Å². The molecule has 1 aromatic carbocycles. The SMILES string of the molecule is COc1ccc(NC(C)C2CCN(C)CC2)cc1[N+](=O)[O-]. The van der Waals surface area contributed by atoms with E-state index < -0.39 is 4.92 Å². The van der Waals surface area contributed by atoms with Crippen LogP contribution in [0.25, 0.3) is 0 Å². The van der Waals surface area contributed by atoms with Gasteiger partial charge in [0, 0.05) is 17.8 Å². The smallest absolute Gasteiger partial charge is 0.312 e. The lowest BCUT2D eigenvalue weighted by atomic mass is 9.90. The minimum Gasteiger partial charge on any atom is -0.490 e. The van der Waals surface area contributed by atoms with Crippen molar-refractivity contribution in [3.63, 3.8) is 0 Å². The van der Waals surface area contributed by atoms with E-state index >= 15 is 0 Å². The summed E-state index contributed by atoms with van der Waals surface area (Å²) in [6, 6.07) is 5.32. The van der Waals surface area contributed by atoms with E-state index in [9.17, 15) is 10.1 Å². The molecule has 0 spiro atoms. The normalized spacial score (nSPS) is 18.2. The number of ether oxygens (including phenoxy) is 1. The molecule has 1 unspecified atom stereocenters. The van der Waals surface area contributed by atoms with Crippen LogP contribution in [-0.2, 0) is 0 Å². The maximum absolute atomic E-state index is 11.0. The average molecular weight is 293 g/mol. The molecule has 2 rings (SSSR count). The number of rotatable bonds is 5. The summed E-state index contributed by atoms with van der Waals surface area (Å²) in [4.78, 5) is 13.0. The predicted molar refractivity (Wildman–Crippen MR) is 83.0 cm³/mol. The largest absolute Gasteiger partial charge is 0.490 e. The summed E-state index contributed by atoms with van der Waals surface area (Å²) in [7, 11) is 3.58. The molecule has 0 amide bonds. The van der Waals surface area contributed by atoms with Gasteiger partial charge in [0.25, 0.3) is 0 Å². The Morgan fingerprint density at radius 1 is 1.43 bits per heavy atom. The van der Waals surface area contributed by atoms with E-state index in [0.29, 0.717) is 12.0 Å². The van der Waals surface area contributed by atoms with Crippen LogP contribution in [0.2, 0.25) is 0 Å². The van der Waals surface area contributed by atoms with Gasteiger partial charge in [-0.05, 0) is 58.0 Å². The Balaban J connectivity index is 2.05. The Morgan fingerprint density at radius 3 is 2.67 bits per heavy atom. The van der Waals surface area contributed by atoms with E-state index in [0.717, 1.165) is 31.6 Å². The zero-order valence-electron chi connectivity index (χ0n) is 12.8. The van der Waals surface area contributed by atoms with E-state index in [-0.39, 0.29) is 11.4 Å². The number of nitro groups is 1. The second-order valence-corrected chi connectivity index (χ2v) is 5.72. The summed E-state index contributed by atoms with van der Waals surface area (Å²) in [5.74, 6) is 0.889. The number of benzene rings is 1. The van der Waals surface area contributed by atoms with Gasteiger partial charge < -0.3 is 15.0 Å². The zero-order valence-corrected chi connectivity index (χ0v) is 12.8. The van der Waals surface area contributed by atoms with Crippen molar-refractivity contribution in [3.05, 3.63) is 28.3 Å². The molecule has 0 aliphatic carbocycles. The van der Waals surface area contributed by atoms with Crippen molar-refractivity contribution in [1.82, 2.24) is 4.90 Å². The van der Waals surface area contributed by atoms with Crippen LogP contribution in [0.4, 0.5) is 11.4 Å². The molecule has 0 saturated carbocycles. The maximum atomic E-state index is 11.0. The first-order chi connectivity index (χ1) is 10.0. The number of hydrogen-bond acceptors (Lipinski definition) is 5. The molecule has 6 nitrogen and oxygen atoms in total. The number of nitrogens with one attached hydrogen (secondary N) is 1. The number of piperidine rings is 1. The van der Waals surface area contributed by atoms with Crippen molar-refractivity contribution in [2.24, 2.45) is 5.92 Å². The highest BCUT2D eigenvalue weighted by Crippen LogP contribution is 2.31. The Labute approximate surface area is 125 Å². The van der Waals surface area contributed by atoms with Gasteiger partial charge in [-0.3, -0.25) is 10.1 Å². The fraction of sp³-hybridized carbons (Fsp3) is 0.600. The van der Waals surface area contributed by atoms with Crippen molar-refractivity contribution in [2.75, 3.05) is 32.6 Å². The van der Waals surface area contributed by atoms with Crippen molar-refractivity contribution >= 4 is 11.4 Å². The van der Waals surface area contributed by atoms with E-state index in [1.165, 1.54) is 7.11 Å². The minimum absolute atomic E-state index is 0.00178. The van der Waals surface area contributed by atoms with Crippen molar-refractivity contribution < 1.29 is 9.66 Å². The van der Waals surface area contributed by atoms with Gasteiger partial charge in [0.15, 0.2) is 5.75 Å². The minimum atomic E-state index is -0.412. The van der Waals surface area contributed by atoms with Crippen molar-refractivity contribution in [2.45, 2.75) is 25.8 Å². The molecule has 1 aromatic rings. The number of nitrogens with zero attached hydrogens (tertiary/aromatic N) is 2. The van der Waals surface area contributed by atoms with Crippen LogP contribution in [0.1, 0.15) is 19.8 Å². The quantitative estimate of drug-likeness (QED) is 0.668. The monoisotopic (exact) mass is 293 g/mol. The molecule has 1 saturated heterocycles.